The molecule has 9 nitrogen and oxygen atoms in total. The summed E-state index contributed by atoms with van der Waals surface area (Å²) in [5, 5.41) is 10.1. The first-order valence-electron chi connectivity index (χ1n) is 12.5. The number of fused-ring (bicyclic) bond motifs is 1. The summed E-state index contributed by atoms with van der Waals surface area (Å²) in [6, 6.07) is 20.2. The van der Waals surface area contributed by atoms with Crippen molar-refractivity contribution in [1.82, 2.24) is 24.5 Å². The van der Waals surface area contributed by atoms with Gasteiger partial charge in [0.2, 0.25) is 5.88 Å². The Morgan fingerprint density at radius 1 is 0.974 bits per heavy atom. The molecular formula is C29H24ClN5O4. The fourth-order valence-corrected chi connectivity index (χ4v) is 4.54. The quantitative estimate of drug-likeness (QED) is 0.266. The van der Waals surface area contributed by atoms with E-state index >= 15 is 0 Å². The highest BCUT2D eigenvalue weighted by Crippen LogP contribution is 2.24. The van der Waals surface area contributed by atoms with E-state index in [9.17, 15) is 9.90 Å². The average molecular weight is 542 g/mol. The van der Waals surface area contributed by atoms with Gasteiger partial charge >= 0.3 is 5.97 Å². The topological polar surface area (TPSA) is 112 Å². The van der Waals surface area contributed by atoms with E-state index in [2.05, 4.69) is 15.0 Å². The lowest BCUT2D eigenvalue weighted by molar-refractivity contribution is -0.0590. The minimum absolute atomic E-state index is 0.00715. The Bertz CT molecular complexity index is 1630. The van der Waals surface area contributed by atoms with Gasteiger partial charge in [0, 0.05) is 36.7 Å². The second-order valence-electron chi connectivity index (χ2n) is 9.30. The summed E-state index contributed by atoms with van der Waals surface area (Å²) in [6.45, 7) is 1.31. The third-order valence-corrected chi connectivity index (χ3v) is 6.79. The molecule has 0 radical (unpaired) electrons. The second kappa shape index (κ2) is 10.8. The molecule has 6 rings (SSSR count). The molecule has 1 aliphatic heterocycles. The molecule has 0 amide bonds. The minimum atomic E-state index is -1.07. The van der Waals surface area contributed by atoms with Crippen LogP contribution in [0.4, 0.5) is 0 Å². The van der Waals surface area contributed by atoms with Gasteiger partial charge in [0.25, 0.3) is 0 Å². The van der Waals surface area contributed by atoms with Crippen molar-refractivity contribution in [2.24, 2.45) is 0 Å². The summed E-state index contributed by atoms with van der Waals surface area (Å²) < 4.78 is 13.6. The van der Waals surface area contributed by atoms with Crippen molar-refractivity contribution in [3.63, 3.8) is 0 Å². The van der Waals surface area contributed by atoms with Gasteiger partial charge in [0.1, 0.15) is 22.9 Å². The Morgan fingerprint density at radius 2 is 1.72 bits per heavy atom. The van der Waals surface area contributed by atoms with Gasteiger partial charge in [-0.05, 0) is 53.9 Å². The lowest BCUT2D eigenvalue weighted by Gasteiger charge is -2.27. The molecule has 5 aromatic rings. The SMILES string of the molecule is O=C(O)c1ccc2nc(Cc3ccc(Oc4ccnc(Cc5ccc(Cl)cc5)n4)cc3)n(C[C@@H]3CCO3)c2n1. The third-order valence-electron chi connectivity index (χ3n) is 6.53. The molecule has 1 fully saturated rings. The van der Waals surface area contributed by atoms with Crippen molar-refractivity contribution < 1.29 is 19.4 Å². The number of benzene rings is 2. The number of nitrogens with zero attached hydrogens (tertiary/aromatic N) is 5. The number of aromatic carboxylic acids is 1. The van der Waals surface area contributed by atoms with Gasteiger partial charge < -0.3 is 19.1 Å². The Kier molecular flexibility index (Phi) is 6.91. The predicted molar refractivity (Wildman–Crippen MR) is 144 cm³/mol. The molecule has 2 aromatic carbocycles. The Morgan fingerprint density at radius 3 is 2.44 bits per heavy atom. The third kappa shape index (κ3) is 5.74. The van der Waals surface area contributed by atoms with Crippen molar-refractivity contribution in [1.29, 1.82) is 0 Å². The van der Waals surface area contributed by atoms with Crippen LogP contribution in [-0.4, -0.2) is 48.3 Å². The number of imidazole rings is 1. The molecule has 0 aliphatic carbocycles. The lowest BCUT2D eigenvalue weighted by atomic mass is 10.1. The number of carboxylic acid groups (broad SMARTS) is 1. The Hall–Kier alpha value is -4.34. The lowest BCUT2D eigenvalue weighted by Crippen LogP contribution is -2.32. The monoisotopic (exact) mass is 541 g/mol. The van der Waals surface area contributed by atoms with Crippen LogP contribution in [0, 0.1) is 0 Å². The van der Waals surface area contributed by atoms with E-state index in [0.29, 0.717) is 53.0 Å². The largest absolute Gasteiger partial charge is 0.477 e. The van der Waals surface area contributed by atoms with E-state index in [-0.39, 0.29) is 11.8 Å². The number of pyridine rings is 1. The molecule has 0 saturated carbocycles. The summed E-state index contributed by atoms with van der Waals surface area (Å²) in [5.74, 6) is 1.50. The van der Waals surface area contributed by atoms with Crippen LogP contribution >= 0.6 is 11.6 Å². The number of carboxylic acids is 1. The smallest absolute Gasteiger partial charge is 0.354 e. The highest BCUT2D eigenvalue weighted by molar-refractivity contribution is 6.30. The van der Waals surface area contributed by atoms with Gasteiger partial charge in [-0.1, -0.05) is 35.9 Å². The molecule has 39 heavy (non-hydrogen) atoms. The maximum Gasteiger partial charge on any atom is 0.354 e. The summed E-state index contributed by atoms with van der Waals surface area (Å²) in [5.41, 5.74) is 3.29. The van der Waals surface area contributed by atoms with Gasteiger partial charge in [-0.25, -0.2) is 19.7 Å². The fraction of sp³-hybridized carbons (Fsp3) is 0.207. The molecule has 0 bridgehead atoms. The van der Waals surface area contributed by atoms with E-state index in [1.807, 2.05) is 53.1 Å². The molecule has 4 heterocycles. The predicted octanol–water partition coefficient (Wildman–Crippen LogP) is 5.34. The standard InChI is InChI=1S/C29H24ClN5O4/c30-20-5-1-18(2-6-20)15-25-31-13-11-27(34-25)39-21-7-3-19(4-8-21)16-26-32-23-9-10-24(29(36)37)33-28(23)35(26)17-22-12-14-38-22/h1-11,13,22H,12,14-17H2,(H,36,37)/t22-/m0/s1. The second-order valence-corrected chi connectivity index (χ2v) is 9.74. The number of rotatable bonds is 9. The van der Waals surface area contributed by atoms with Gasteiger partial charge in [-0.2, -0.15) is 4.98 Å². The number of aromatic nitrogens is 5. The van der Waals surface area contributed by atoms with Crippen molar-refractivity contribution in [2.75, 3.05) is 6.61 Å². The van der Waals surface area contributed by atoms with E-state index < -0.39 is 5.97 Å². The molecule has 1 atom stereocenters. The van der Waals surface area contributed by atoms with Crippen LogP contribution in [0.25, 0.3) is 11.2 Å². The highest BCUT2D eigenvalue weighted by Gasteiger charge is 2.23. The minimum Gasteiger partial charge on any atom is -0.477 e. The van der Waals surface area contributed by atoms with Crippen LogP contribution < -0.4 is 4.74 Å². The molecule has 196 valence electrons. The molecular weight excluding hydrogens is 518 g/mol. The van der Waals surface area contributed by atoms with Crippen LogP contribution in [0.15, 0.2) is 72.9 Å². The van der Waals surface area contributed by atoms with Crippen molar-refractivity contribution in [3.8, 4) is 11.6 Å². The Balaban J connectivity index is 1.18. The summed E-state index contributed by atoms with van der Waals surface area (Å²) >= 11 is 5.97. The number of ether oxygens (including phenoxy) is 2. The van der Waals surface area contributed by atoms with Crippen molar-refractivity contribution >= 4 is 28.7 Å². The summed E-state index contributed by atoms with van der Waals surface area (Å²) in [4.78, 5) is 29.5. The molecule has 3 aromatic heterocycles. The average Bonchev–Trinajstić information content (AvgIpc) is 3.25. The zero-order valence-electron chi connectivity index (χ0n) is 20.8. The van der Waals surface area contributed by atoms with E-state index in [0.717, 1.165) is 30.0 Å². The van der Waals surface area contributed by atoms with E-state index in [1.165, 1.54) is 6.07 Å². The van der Waals surface area contributed by atoms with Crippen LogP contribution in [-0.2, 0) is 24.1 Å². The van der Waals surface area contributed by atoms with Crippen LogP contribution in [0.3, 0.4) is 0 Å². The van der Waals surface area contributed by atoms with Crippen molar-refractivity contribution in [2.45, 2.75) is 31.9 Å². The number of hydrogen-bond acceptors (Lipinski definition) is 7. The fourth-order valence-electron chi connectivity index (χ4n) is 4.41. The first kappa shape index (κ1) is 25.0. The van der Waals surface area contributed by atoms with Gasteiger partial charge in [0.05, 0.1) is 12.6 Å². The van der Waals surface area contributed by atoms with E-state index in [4.69, 9.17) is 26.1 Å². The van der Waals surface area contributed by atoms with Crippen molar-refractivity contribution in [3.05, 3.63) is 106 Å². The highest BCUT2D eigenvalue weighted by atomic mass is 35.5. The normalized spacial score (nSPS) is 14.7. The maximum absolute atomic E-state index is 11.5. The molecule has 0 unspecified atom stereocenters. The zero-order valence-corrected chi connectivity index (χ0v) is 21.6. The first-order valence-corrected chi connectivity index (χ1v) is 12.9. The molecule has 0 spiro atoms. The molecule has 1 saturated heterocycles. The summed E-state index contributed by atoms with van der Waals surface area (Å²) in [7, 11) is 0. The van der Waals surface area contributed by atoms with Gasteiger partial charge in [-0.15, -0.1) is 0 Å². The molecule has 1 N–H and O–H groups in total. The van der Waals surface area contributed by atoms with Gasteiger partial charge in [-0.3, -0.25) is 0 Å². The van der Waals surface area contributed by atoms with Gasteiger partial charge in [0.15, 0.2) is 11.3 Å². The number of hydrogen-bond donors (Lipinski definition) is 1. The zero-order chi connectivity index (χ0) is 26.8. The Labute approximate surface area is 229 Å². The maximum atomic E-state index is 11.5. The first-order chi connectivity index (χ1) is 19.0. The molecule has 10 heteroatoms. The van der Waals surface area contributed by atoms with E-state index in [1.54, 1.807) is 18.3 Å². The van der Waals surface area contributed by atoms with Crippen LogP contribution in [0.2, 0.25) is 5.02 Å². The number of halogens is 1. The number of carbonyl (C=O) groups is 1. The molecule has 1 aliphatic rings. The van der Waals surface area contributed by atoms with Crippen LogP contribution in [0.5, 0.6) is 11.6 Å². The summed E-state index contributed by atoms with van der Waals surface area (Å²) in [6.07, 6.45) is 3.83. The van der Waals surface area contributed by atoms with Crippen LogP contribution in [0.1, 0.15) is 39.7 Å².